The smallest absolute Gasteiger partial charge is 0.182 e. The molecular weight excluding hydrogens is 241 g/mol. The highest BCUT2D eigenvalue weighted by molar-refractivity contribution is 7.92. The van der Waals surface area contributed by atoms with E-state index in [4.69, 9.17) is 0 Å². The molecule has 0 aromatic heterocycles. The zero-order valence-corrected chi connectivity index (χ0v) is 10.6. The highest BCUT2D eigenvalue weighted by Gasteiger charge is 2.29. The van der Waals surface area contributed by atoms with Crippen molar-refractivity contribution in [1.82, 2.24) is 5.32 Å². The van der Waals surface area contributed by atoms with Gasteiger partial charge >= 0.3 is 0 Å². The van der Waals surface area contributed by atoms with E-state index in [1.54, 1.807) is 6.92 Å². The lowest BCUT2D eigenvalue weighted by molar-refractivity contribution is 0.496. The summed E-state index contributed by atoms with van der Waals surface area (Å²) in [5.74, 6) is -0.370. The summed E-state index contributed by atoms with van der Waals surface area (Å²) in [6.07, 6.45) is 1.54. The molecule has 94 valence electrons. The largest absolute Gasteiger partial charge is 0.315 e. The molecule has 1 N–H and O–H groups in total. The second-order valence-electron chi connectivity index (χ2n) is 4.42. The van der Waals surface area contributed by atoms with Crippen molar-refractivity contribution in [1.29, 1.82) is 0 Å². The molecule has 1 aromatic carbocycles. The van der Waals surface area contributed by atoms with Gasteiger partial charge in [-0.3, -0.25) is 0 Å². The van der Waals surface area contributed by atoms with E-state index in [0.29, 0.717) is 18.5 Å². The number of piperidine rings is 1. The summed E-state index contributed by atoms with van der Waals surface area (Å²) in [4.78, 5) is 0.227. The van der Waals surface area contributed by atoms with Crippen LogP contribution >= 0.6 is 0 Å². The van der Waals surface area contributed by atoms with Gasteiger partial charge in [0.15, 0.2) is 9.84 Å². The SMILES string of the molecule is Cc1cc(S(=O)(=O)C2CCCNC2)ccc1F. The third-order valence-electron chi connectivity index (χ3n) is 3.15. The van der Waals surface area contributed by atoms with Crippen molar-refractivity contribution in [3.05, 3.63) is 29.6 Å². The third-order valence-corrected chi connectivity index (χ3v) is 5.34. The number of halogens is 1. The predicted molar refractivity (Wildman–Crippen MR) is 64.2 cm³/mol. The Balaban J connectivity index is 2.33. The fourth-order valence-corrected chi connectivity index (χ4v) is 3.87. The topological polar surface area (TPSA) is 46.2 Å². The molecule has 1 unspecified atom stereocenters. The van der Waals surface area contributed by atoms with Crippen LogP contribution in [0, 0.1) is 12.7 Å². The van der Waals surface area contributed by atoms with Gasteiger partial charge in [-0.05, 0) is 50.1 Å². The number of hydrogen-bond acceptors (Lipinski definition) is 3. The van der Waals surface area contributed by atoms with Gasteiger partial charge in [-0.15, -0.1) is 0 Å². The van der Waals surface area contributed by atoms with Crippen molar-refractivity contribution in [3.8, 4) is 0 Å². The summed E-state index contributed by atoms with van der Waals surface area (Å²) < 4.78 is 37.7. The van der Waals surface area contributed by atoms with Gasteiger partial charge in [0.1, 0.15) is 5.82 Å². The molecular formula is C12H16FNO2S. The number of benzene rings is 1. The molecule has 3 nitrogen and oxygen atoms in total. The first-order valence-electron chi connectivity index (χ1n) is 5.72. The Morgan fingerprint density at radius 3 is 2.76 bits per heavy atom. The van der Waals surface area contributed by atoms with Crippen LogP contribution in [0.1, 0.15) is 18.4 Å². The summed E-state index contributed by atoms with van der Waals surface area (Å²) in [6, 6.07) is 3.99. The molecule has 0 bridgehead atoms. The Kier molecular flexibility index (Phi) is 3.49. The normalized spacial score (nSPS) is 21.4. The van der Waals surface area contributed by atoms with Crippen molar-refractivity contribution in [2.45, 2.75) is 29.9 Å². The van der Waals surface area contributed by atoms with Crippen molar-refractivity contribution < 1.29 is 12.8 Å². The van der Waals surface area contributed by atoms with Crippen molar-refractivity contribution in [3.63, 3.8) is 0 Å². The zero-order chi connectivity index (χ0) is 12.5. The van der Waals surface area contributed by atoms with E-state index >= 15 is 0 Å². The van der Waals surface area contributed by atoms with Crippen LogP contribution in [0.5, 0.6) is 0 Å². The van der Waals surface area contributed by atoms with Crippen LogP contribution in [0.2, 0.25) is 0 Å². The Hall–Kier alpha value is -0.940. The average Bonchev–Trinajstić information content (AvgIpc) is 2.33. The van der Waals surface area contributed by atoms with Gasteiger partial charge in [0, 0.05) is 6.54 Å². The van der Waals surface area contributed by atoms with Crippen LogP contribution in [-0.4, -0.2) is 26.8 Å². The highest BCUT2D eigenvalue weighted by Crippen LogP contribution is 2.22. The highest BCUT2D eigenvalue weighted by atomic mass is 32.2. The van der Waals surface area contributed by atoms with Crippen LogP contribution in [0.3, 0.4) is 0 Å². The molecule has 1 aromatic rings. The quantitative estimate of drug-likeness (QED) is 0.820. The van der Waals surface area contributed by atoms with Gasteiger partial charge < -0.3 is 5.32 Å². The molecule has 0 saturated carbocycles. The minimum atomic E-state index is -3.33. The van der Waals surface area contributed by atoms with E-state index in [-0.39, 0.29) is 16.0 Å². The predicted octanol–water partition coefficient (Wildman–Crippen LogP) is 1.66. The first kappa shape index (κ1) is 12.5. The standard InChI is InChI=1S/C12H16FNO2S/c1-9-7-10(4-5-12(9)13)17(15,16)11-3-2-6-14-8-11/h4-5,7,11,14H,2-3,6,8H2,1H3. The molecule has 0 amide bonds. The summed E-state index contributed by atoms with van der Waals surface area (Å²) in [5.41, 5.74) is 0.370. The van der Waals surface area contributed by atoms with E-state index in [1.807, 2.05) is 0 Å². The lowest BCUT2D eigenvalue weighted by atomic mass is 10.2. The molecule has 5 heteroatoms. The molecule has 1 atom stereocenters. The van der Waals surface area contributed by atoms with E-state index in [9.17, 15) is 12.8 Å². The fraction of sp³-hybridized carbons (Fsp3) is 0.500. The first-order chi connectivity index (χ1) is 8.01. The minimum absolute atomic E-state index is 0.227. The van der Waals surface area contributed by atoms with E-state index in [0.717, 1.165) is 13.0 Å². The van der Waals surface area contributed by atoms with Gasteiger partial charge in [0.05, 0.1) is 10.1 Å². The van der Waals surface area contributed by atoms with Crippen LogP contribution in [0.15, 0.2) is 23.1 Å². The third kappa shape index (κ3) is 2.50. The van der Waals surface area contributed by atoms with Gasteiger partial charge in [-0.25, -0.2) is 12.8 Å². The molecule has 0 spiro atoms. The molecule has 17 heavy (non-hydrogen) atoms. The van der Waals surface area contributed by atoms with Gasteiger partial charge in [-0.1, -0.05) is 0 Å². The van der Waals surface area contributed by atoms with Crippen molar-refractivity contribution in [2.24, 2.45) is 0 Å². The minimum Gasteiger partial charge on any atom is -0.315 e. The number of nitrogens with one attached hydrogen (secondary N) is 1. The Morgan fingerprint density at radius 1 is 1.41 bits per heavy atom. The molecule has 1 fully saturated rings. The second-order valence-corrected chi connectivity index (χ2v) is 6.65. The lowest BCUT2D eigenvalue weighted by Crippen LogP contribution is -2.38. The Labute approximate surface area is 101 Å². The Bertz CT molecular complexity index is 507. The van der Waals surface area contributed by atoms with Crippen molar-refractivity contribution in [2.75, 3.05) is 13.1 Å². The van der Waals surface area contributed by atoms with Gasteiger partial charge in [-0.2, -0.15) is 0 Å². The summed E-state index contributed by atoms with van der Waals surface area (Å²) in [5, 5.41) is 2.70. The molecule has 0 aliphatic carbocycles. The van der Waals surface area contributed by atoms with E-state index in [2.05, 4.69) is 5.32 Å². The van der Waals surface area contributed by atoms with Crippen LogP contribution in [-0.2, 0) is 9.84 Å². The monoisotopic (exact) mass is 257 g/mol. The van der Waals surface area contributed by atoms with E-state index < -0.39 is 9.84 Å². The molecule has 1 aliphatic rings. The number of hydrogen-bond donors (Lipinski definition) is 1. The summed E-state index contributed by atoms with van der Waals surface area (Å²) in [6.45, 7) is 2.93. The van der Waals surface area contributed by atoms with E-state index in [1.165, 1.54) is 18.2 Å². The van der Waals surface area contributed by atoms with Gasteiger partial charge in [0.2, 0.25) is 0 Å². The van der Waals surface area contributed by atoms with Gasteiger partial charge in [0.25, 0.3) is 0 Å². The fourth-order valence-electron chi connectivity index (χ4n) is 2.07. The maximum absolute atomic E-state index is 13.1. The zero-order valence-electron chi connectivity index (χ0n) is 9.74. The molecule has 1 heterocycles. The first-order valence-corrected chi connectivity index (χ1v) is 7.27. The maximum atomic E-state index is 13.1. The maximum Gasteiger partial charge on any atom is 0.182 e. The molecule has 1 aliphatic heterocycles. The van der Waals surface area contributed by atoms with Crippen LogP contribution < -0.4 is 5.32 Å². The molecule has 0 radical (unpaired) electrons. The van der Waals surface area contributed by atoms with Crippen LogP contribution in [0.25, 0.3) is 0 Å². The average molecular weight is 257 g/mol. The molecule has 1 saturated heterocycles. The second kappa shape index (κ2) is 4.74. The summed E-state index contributed by atoms with van der Waals surface area (Å²) in [7, 11) is -3.33. The van der Waals surface area contributed by atoms with Crippen LogP contribution in [0.4, 0.5) is 4.39 Å². The number of sulfone groups is 1. The van der Waals surface area contributed by atoms with Crippen molar-refractivity contribution >= 4 is 9.84 Å². The Morgan fingerprint density at radius 2 is 2.18 bits per heavy atom. The lowest BCUT2D eigenvalue weighted by Gasteiger charge is -2.23. The number of aryl methyl sites for hydroxylation is 1. The number of rotatable bonds is 2. The summed E-state index contributed by atoms with van der Waals surface area (Å²) >= 11 is 0. The molecule has 2 rings (SSSR count).